The molecule has 4 N–H and O–H groups in total. The summed E-state index contributed by atoms with van der Waals surface area (Å²) in [7, 11) is -3.89. The van der Waals surface area contributed by atoms with Crippen LogP contribution in [0.1, 0.15) is 28.3 Å². The summed E-state index contributed by atoms with van der Waals surface area (Å²) in [5, 5.41) is 8.29. The number of aromatic nitrogens is 1. The SMILES string of the molecule is NS(=O)(=O)c1ccc(NC(=O)COc2cccc([C@@H]3c4sc(=O)[nH]c4S[C@@H]4[C@@H]5C[C@@H]([C@@H]6C(=O)N(c7cccc(C(F)(F)F)c7)C(=O)[C@@H]56)[C@H]34)c2)cc1. The van der Waals surface area contributed by atoms with Gasteiger partial charge >= 0.3 is 11.0 Å². The van der Waals surface area contributed by atoms with Crippen molar-refractivity contribution in [1.29, 1.82) is 0 Å². The van der Waals surface area contributed by atoms with E-state index >= 15 is 0 Å². The molecule has 2 saturated carbocycles. The fourth-order valence-electron chi connectivity index (χ4n) is 8.34. The van der Waals surface area contributed by atoms with Gasteiger partial charge in [0.2, 0.25) is 21.8 Å². The van der Waals surface area contributed by atoms with Crippen molar-refractivity contribution in [3.8, 4) is 5.75 Å². The molecule has 0 spiro atoms. The standard InChI is InChI=1S/C34H27F3N4O7S3/c35-34(36,37)16-4-2-5-18(12-16)41-31(43)26-21-13-22(27(26)32(41)44)28-25(21)24(29-30(49-28)40-33(45)50-29)15-3-1-6-19(11-15)48-14-23(42)39-17-7-9-20(10-8-17)51(38,46)47/h1-12,21-22,24-28H,13-14H2,(H,39,42)(H,40,45)(H2,38,46,47)/t21-,22-,24+,25-,26+,27+,28-/m1/s1. The number of aromatic amines is 1. The van der Waals surface area contributed by atoms with Crippen molar-refractivity contribution in [2.75, 3.05) is 16.8 Å². The van der Waals surface area contributed by atoms with E-state index in [2.05, 4.69) is 10.3 Å². The molecular formula is C34H27F3N4O7S3. The molecule has 11 nitrogen and oxygen atoms in total. The Kier molecular flexibility index (Phi) is 7.97. The fourth-order valence-corrected chi connectivity index (χ4v) is 11.7. The van der Waals surface area contributed by atoms with Crippen LogP contribution in [0, 0.1) is 29.6 Å². The zero-order chi connectivity index (χ0) is 36.0. The summed E-state index contributed by atoms with van der Waals surface area (Å²) < 4.78 is 69.4. The number of primary sulfonamides is 1. The van der Waals surface area contributed by atoms with Crippen LogP contribution in [0.25, 0.3) is 0 Å². The first-order valence-electron chi connectivity index (χ1n) is 15.8. The molecule has 8 rings (SSSR count). The van der Waals surface area contributed by atoms with Crippen LogP contribution < -0.4 is 25.0 Å². The molecule has 3 heterocycles. The van der Waals surface area contributed by atoms with Gasteiger partial charge in [0.05, 0.1) is 33.0 Å². The highest BCUT2D eigenvalue weighted by Crippen LogP contribution is 2.68. The maximum absolute atomic E-state index is 14.0. The Morgan fingerprint density at radius 1 is 0.980 bits per heavy atom. The van der Waals surface area contributed by atoms with E-state index in [9.17, 15) is 40.8 Å². The summed E-state index contributed by atoms with van der Waals surface area (Å²) in [5.41, 5.74) is 0.0794. The molecular weight excluding hydrogens is 730 g/mol. The number of nitrogens with zero attached hydrogens (tertiary/aromatic N) is 1. The number of fused-ring (bicyclic) bond motifs is 9. The number of hydrogen-bond acceptors (Lipinski definition) is 9. The van der Waals surface area contributed by atoms with Crippen LogP contribution >= 0.6 is 23.1 Å². The Morgan fingerprint density at radius 3 is 2.39 bits per heavy atom. The third-order valence-electron chi connectivity index (χ3n) is 10.2. The lowest BCUT2D eigenvalue weighted by molar-refractivity contribution is -0.137. The lowest BCUT2D eigenvalue weighted by Gasteiger charge is -2.43. The number of thiazole rings is 1. The molecule has 0 radical (unpaired) electrons. The molecule has 4 aliphatic rings. The van der Waals surface area contributed by atoms with Gasteiger partial charge in [-0.3, -0.25) is 24.1 Å². The van der Waals surface area contributed by atoms with Gasteiger partial charge in [-0.2, -0.15) is 13.2 Å². The largest absolute Gasteiger partial charge is 0.484 e. The summed E-state index contributed by atoms with van der Waals surface area (Å²) >= 11 is 2.56. The monoisotopic (exact) mass is 756 g/mol. The third-order valence-corrected chi connectivity index (χ3v) is 13.7. The van der Waals surface area contributed by atoms with Crippen LogP contribution in [-0.4, -0.2) is 43.0 Å². The van der Waals surface area contributed by atoms with E-state index in [4.69, 9.17) is 9.88 Å². The van der Waals surface area contributed by atoms with Crippen LogP contribution in [0.15, 0.2) is 87.5 Å². The van der Waals surface area contributed by atoms with E-state index in [-0.39, 0.29) is 51.0 Å². The van der Waals surface area contributed by atoms with Gasteiger partial charge in [-0.25, -0.2) is 13.6 Å². The number of ether oxygens (including phenoxy) is 1. The van der Waals surface area contributed by atoms with Crippen molar-refractivity contribution in [2.45, 2.75) is 33.7 Å². The zero-order valence-electron chi connectivity index (χ0n) is 26.1. The average Bonchev–Trinajstić information content (AvgIpc) is 3.82. The molecule has 17 heteroatoms. The van der Waals surface area contributed by atoms with Crippen molar-refractivity contribution in [3.05, 3.63) is 98.5 Å². The maximum atomic E-state index is 14.0. The lowest BCUT2D eigenvalue weighted by Crippen LogP contribution is -2.42. The first-order valence-corrected chi connectivity index (χ1v) is 19.0. The predicted octanol–water partition coefficient (Wildman–Crippen LogP) is 4.80. The summed E-state index contributed by atoms with van der Waals surface area (Å²) in [4.78, 5) is 57.4. The highest BCUT2D eigenvalue weighted by atomic mass is 32.2. The van der Waals surface area contributed by atoms with E-state index in [0.29, 0.717) is 22.9 Å². The van der Waals surface area contributed by atoms with Gasteiger partial charge < -0.3 is 15.0 Å². The Bertz CT molecular complexity index is 2270. The number of carbonyl (C=O) groups is 3. The van der Waals surface area contributed by atoms with Gasteiger partial charge in [0.25, 0.3) is 5.91 Å². The summed E-state index contributed by atoms with van der Waals surface area (Å²) in [6.45, 7) is -0.369. The van der Waals surface area contributed by atoms with Gasteiger partial charge in [0.15, 0.2) is 6.61 Å². The molecule has 3 fully saturated rings. The van der Waals surface area contributed by atoms with Crippen LogP contribution in [0.3, 0.4) is 0 Å². The normalized spacial score (nSPS) is 26.5. The number of nitrogens with two attached hydrogens (primary N) is 1. The topological polar surface area (TPSA) is 169 Å². The summed E-state index contributed by atoms with van der Waals surface area (Å²) in [6, 6.07) is 16.7. The molecule has 2 bridgehead atoms. The minimum atomic E-state index is -4.64. The number of alkyl halides is 3. The Labute approximate surface area is 296 Å². The van der Waals surface area contributed by atoms with Gasteiger partial charge in [0, 0.05) is 21.7 Å². The molecule has 2 aliphatic heterocycles. The van der Waals surface area contributed by atoms with Gasteiger partial charge in [-0.15, -0.1) is 11.8 Å². The minimum Gasteiger partial charge on any atom is -0.484 e. The van der Waals surface area contributed by atoms with Crippen molar-refractivity contribution in [2.24, 2.45) is 34.7 Å². The average molecular weight is 757 g/mol. The fraction of sp³-hybridized carbons (Fsp3) is 0.294. The predicted molar refractivity (Wildman–Crippen MR) is 181 cm³/mol. The summed E-state index contributed by atoms with van der Waals surface area (Å²) in [6.07, 6.45) is -4.05. The van der Waals surface area contributed by atoms with Crippen molar-refractivity contribution >= 4 is 62.2 Å². The van der Waals surface area contributed by atoms with E-state index in [1.54, 1.807) is 18.2 Å². The smallest absolute Gasteiger partial charge is 0.416 e. The van der Waals surface area contributed by atoms with Crippen LogP contribution in [0.4, 0.5) is 24.5 Å². The molecule has 2 aliphatic carbocycles. The summed E-state index contributed by atoms with van der Waals surface area (Å²) in [5.74, 6) is -3.54. The van der Waals surface area contributed by atoms with Crippen LogP contribution in [0.5, 0.6) is 5.75 Å². The van der Waals surface area contributed by atoms with Crippen molar-refractivity contribution in [1.82, 2.24) is 4.98 Å². The number of hydrogen-bond donors (Lipinski definition) is 3. The van der Waals surface area contributed by atoms with E-state index in [0.717, 1.165) is 38.8 Å². The zero-order valence-corrected chi connectivity index (χ0v) is 28.6. The Morgan fingerprint density at radius 2 is 1.69 bits per heavy atom. The number of imide groups is 1. The Hall–Kier alpha value is -4.45. The second-order valence-corrected chi connectivity index (χ2v) is 16.8. The second-order valence-electron chi connectivity index (χ2n) is 13.0. The second kappa shape index (κ2) is 12.1. The number of rotatable bonds is 7. The van der Waals surface area contributed by atoms with Crippen LogP contribution in [0.2, 0.25) is 0 Å². The Balaban J connectivity index is 1.05. The molecule has 1 aromatic heterocycles. The number of anilines is 2. The number of carbonyl (C=O) groups excluding carboxylic acids is 3. The maximum Gasteiger partial charge on any atom is 0.416 e. The van der Waals surface area contributed by atoms with Crippen molar-refractivity contribution < 1.29 is 40.7 Å². The van der Waals surface area contributed by atoms with Gasteiger partial charge in [-0.1, -0.05) is 29.5 Å². The quantitative estimate of drug-likeness (QED) is 0.226. The van der Waals surface area contributed by atoms with E-state index in [1.807, 2.05) is 6.07 Å². The number of thioether (sulfide) groups is 1. The van der Waals surface area contributed by atoms with E-state index in [1.165, 1.54) is 48.2 Å². The van der Waals surface area contributed by atoms with Crippen molar-refractivity contribution in [3.63, 3.8) is 0 Å². The molecule has 51 heavy (non-hydrogen) atoms. The highest BCUT2D eigenvalue weighted by Gasteiger charge is 2.69. The number of amides is 3. The molecule has 3 amide bonds. The number of nitrogens with one attached hydrogen (secondary N) is 2. The van der Waals surface area contributed by atoms with E-state index < -0.39 is 51.3 Å². The number of benzene rings is 3. The first-order chi connectivity index (χ1) is 24.2. The molecule has 3 aromatic carbocycles. The van der Waals surface area contributed by atoms with Gasteiger partial charge in [0.1, 0.15) is 5.75 Å². The first kappa shape index (κ1) is 33.7. The lowest BCUT2D eigenvalue weighted by atomic mass is 9.68. The molecule has 7 atom stereocenters. The minimum absolute atomic E-state index is 0.0985. The molecule has 1 saturated heterocycles. The third kappa shape index (κ3) is 5.75. The number of H-pyrrole nitrogens is 1. The number of halogens is 3. The highest BCUT2D eigenvalue weighted by molar-refractivity contribution is 8.00. The number of sulfonamides is 1. The molecule has 0 unspecified atom stereocenters. The molecule has 264 valence electrons. The molecule has 4 aromatic rings. The van der Waals surface area contributed by atoms with Crippen LogP contribution in [-0.2, 0) is 30.6 Å². The van der Waals surface area contributed by atoms with Gasteiger partial charge in [-0.05, 0) is 84.3 Å².